The molecule has 0 spiro atoms. The van der Waals surface area contributed by atoms with Crippen molar-refractivity contribution in [2.24, 2.45) is 0 Å². The van der Waals surface area contributed by atoms with Crippen molar-refractivity contribution in [3.63, 3.8) is 0 Å². The largest absolute Gasteiger partial charge is 0.480 e. The molecule has 0 aromatic heterocycles. The van der Waals surface area contributed by atoms with Crippen molar-refractivity contribution in [3.8, 4) is 0 Å². The van der Waals surface area contributed by atoms with E-state index in [0.29, 0.717) is 13.0 Å². The van der Waals surface area contributed by atoms with Gasteiger partial charge in [-0.05, 0) is 62.1 Å². The Labute approximate surface area is 148 Å². The first kappa shape index (κ1) is 17.6. The number of aliphatic carboxylic acids is 1. The van der Waals surface area contributed by atoms with Crippen LogP contribution >= 0.6 is 0 Å². The van der Waals surface area contributed by atoms with Crippen LogP contribution in [0.2, 0.25) is 0 Å². The standard InChI is InChI=1S/C21H24FNO2/c1-14-9-10-18(15(2)12-14)20(16-6-5-7-17(22)13-16)23-11-4-3-8-19(23)21(24)25/h5-7,9-10,12-13,19-20H,3-4,8,11H2,1-2H3,(H,24,25). The van der Waals surface area contributed by atoms with E-state index in [0.717, 1.165) is 35.1 Å². The Morgan fingerprint density at radius 1 is 1.20 bits per heavy atom. The van der Waals surface area contributed by atoms with Crippen LogP contribution in [0.3, 0.4) is 0 Å². The zero-order valence-corrected chi connectivity index (χ0v) is 14.7. The fraction of sp³-hybridized carbons (Fsp3) is 0.381. The van der Waals surface area contributed by atoms with Gasteiger partial charge in [0.15, 0.2) is 0 Å². The van der Waals surface area contributed by atoms with Gasteiger partial charge in [-0.15, -0.1) is 0 Å². The third kappa shape index (κ3) is 3.74. The molecule has 3 nitrogen and oxygen atoms in total. The third-order valence-electron chi connectivity index (χ3n) is 5.05. The first-order valence-electron chi connectivity index (χ1n) is 8.78. The minimum Gasteiger partial charge on any atom is -0.480 e. The maximum atomic E-state index is 13.9. The van der Waals surface area contributed by atoms with E-state index in [2.05, 4.69) is 6.07 Å². The van der Waals surface area contributed by atoms with Crippen molar-refractivity contribution in [1.29, 1.82) is 0 Å². The van der Waals surface area contributed by atoms with Crippen molar-refractivity contribution in [1.82, 2.24) is 4.90 Å². The number of nitrogens with zero attached hydrogens (tertiary/aromatic N) is 1. The molecule has 1 N–H and O–H groups in total. The number of rotatable bonds is 4. The molecule has 0 bridgehead atoms. The molecule has 2 atom stereocenters. The zero-order valence-electron chi connectivity index (χ0n) is 14.7. The molecule has 2 aromatic carbocycles. The van der Waals surface area contributed by atoms with Gasteiger partial charge in [0, 0.05) is 0 Å². The molecule has 132 valence electrons. The lowest BCUT2D eigenvalue weighted by molar-refractivity contribution is -0.145. The van der Waals surface area contributed by atoms with Crippen molar-refractivity contribution in [3.05, 3.63) is 70.5 Å². The number of benzene rings is 2. The van der Waals surface area contributed by atoms with Crippen LogP contribution in [-0.2, 0) is 4.79 Å². The fourth-order valence-electron chi connectivity index (χ4n) is 3.89. The summed E-state index contributed by atoms with van der Waals surface area (Å²) in [5.41, 5.74) is 4.11. The second-order valence-electron chi connectivity index (χ2n) is 6.91. The molecule has 1 aliphatic heterocycles. The summed E-state index contributed by atoms with van der Waals surface area (Å²) in [5.74, 6) is -1.10. The first-order chi connectivity index (χ1) is 12.0. The van der Waals surface area contributed by atoms with E-state index in [1.807, 2.05) is 36.9 Å². The van der Waals surface area contributed by atoms with E-state index in [1.165, 1.54) is 12.1 Å². The second-order valence-corrected chi connectivity index (χ2v) is 6.91. The lowest BCUT2D eigenvalue weighted by Gasteiger charge is -2.40. The van der Waals surface area contributed by atoms with Gasteiger partial charge in [-0.1, -0.05) is 42.3 Å². The second kappa shape index (κ2) is 7.36. The van der Waals surface area contributed by atoms with Crippen LogP contribution in [0.15, 0.2) is 42.5 Å². The number of carboxylic acids is 1. The molecule has 4 heteroatoms. The molecule has 1 fully saturated rings. The number of hydrogen-bond donors (Lipinski definition) is 1. The number of carboxylic acid groups (broad SMARTS) is 1. The summed E-state index contributed by atoms with van der Waals surface area (Å²) in [7, 11) is 0. The molecular weight excluding hydrogens is 317 g/mol. The highest BCUT2D eigenvalue weighted by Gasteiger charge is 2.35. The van der Waals surface area contributed by atoms with Gasteiger partial charge in [0.1, 0.15) is 11.9 Å². The molecule has 1 heterocycles. The van der Waals surface area contributed by atoms with Gasteiger partial charge in [0.05, 0.1) is 6.04 Å². The van der Waals surface area contributed by atoms with E-state index >= 15 is 0 Å². The van der Waals surface area contributed by atoms with E-state index < -0.39 is 12.0 Å². The maximum Gasteiger partial charge on any atom is 0.320 e. The molecule has 1 saturated heterocycles. The van der Waals surface area contributed by atoms with Crippen molar-refractivity contribution in [2.75, 3.05) is 6.54 Å². The van der Waals surface area contributed by atoms with Crippen LogP contribution in [0.1, 0.15) is 47.6 Å². The Balaban J connectivity index is 2.12. The predicted molar refractivity (Wildman–Crippen MR) is 96.1 cm³/mol. The topological polar surface area (TPSA) is 40.5 Å². The number of halogens is 1. The van der Waals surface area contributed by atoms with Gasteiger partial charge in [-0.25, -0.2) is 4.39 Å². The van der Waals surface area contributed by atoms with Crippen LogP contribution < -0.4 is 0 Å². The summed E-state index contributed by atoms with van der Waals surface area (Å²) >= 11 is 0. The van der Waals surface area contributed by atoms with Crippen LogP contribution in [0.4, 0.5) is 4.39 Å². The molecular formula is C21H24FNO2. The molecule has 0 aliphatic carbocycles. The van der Waals surface area contributed by atoms with Gasteiger partial charge in [0.25, 0.3) is 0 Å². The minimum atomic E-state index is -0.800. The SMILES string of the molecule is Cc1ccc(C(c2cccc(F)c2)N2CCCCC2C(=O)O)c(C)c1. The van der Waals surface area contributed by atoms with Crippen molar-refractivity contribution in [2.45, 2.75) is 45.2 Å². The van der Waals surface area contributed by atoms with E-state index in [4.69, 9.17) is 0 Å². The molecule has 2 unspecified atom stereocenters. The number of hydrogen-bond acceptors (Lipinski definition) is 2. The van der Waals surface area contributed by atoms with Crippen molar-refractivity contribution >= 4 is 5.97 Å². The van der Waals surface area contributed by atoms with E-state index in [-0.39, 0.29) is 11.9 Å². The van der Waals surface area contributed by atoms with Gasteiger partial charge >= 0.3 is 5.97 Å². The Morgan fingerprint density at radius 2 is 2.00 bits per heavy atom. The Kier molecular flexibility index (Phi) is 5.19. The highest BCUT2D eigenvalue weighted by atomic mass is 19.1. The van der Waals surface area contributed by atoms with Crippen LogP contribution in [0.5, 0.6) is 0 Å². The Hall–Kier alpha value is -2.20. The Bertz CT molecular complexity index is 774. The van der Waals surface area contributed by atoms with E-state index in [1.54, 1.807) is 6.07 Å². The summed E-state index contributed by atoms with van der Waals surface area (Å²) in [4.78, 5) is 13.8. The predicted octanol–water partition coefficient (Wildman–Crippen LogP) is 4.47. The molecule has 0 amide bonds. The number of carbonyl (C=O) groups is 1. The number of aryl methyl sites for hydroxylation is 2. The highest BCUT2D eigenvalue weighted by molar-refractivity contribution is 5.73. The van der Waals surface area contributed by atoms with E-state index in [9.17, 15) is 14.3 Å². The summed E-state index contributed by atoms with van der Waals surface area (Å²) in [6.45, 7) is 4.77. The van der Waals surface area contributed by atoms with Crippen LogP contribution in [0, 0.1) is 19.7 Å². The normalized spacial score (nSPS) is 19.6. The third-order valence-corrected chi connectivity index (χ3v) is 5.05. The summed E-state index contributed by atoms with van der Waals surface area (Å²) < 4.78 is 13.9. The first-order valence-corrected chi connectivity index (χ1v) is 8.78. The van der Waals surface area contributed by atoms with Gasteiger partial charge in [-0.3, -0.25) is 9.69 Å². The summed E-state index contributed by atoms with van der Waals surface area (Å²) in [5, 5.41) is 9.70. The van der Waals surface area contributed by atoms with Crippen molar-refractivity contribution < 1.29 is 14.3 Å². The maximum absolute atomic E-state index is 13.9. The summed E-state index contributed by atoms with van der Waals surface area (Å²) in [6.07, 6.45) is 2.50. The average molecular weight is 341 g/mol. The monoisotopic (exact) mass is 341 g/mol. The molecule has 25 heavy (non-hydrogen) atoms. The fourth-order valence-corrected chi connectivity index (χ4v) is 3.89. The molecule has 0 saturated carbocycles. The molecule has 2 aromatic rings. The lowest BCUT2D eigenvalue weighted by Crippen LogP contribution is -2.47. The Morgan fingerprint density at radius 3 is 2.68 bits per heavy atom. The lowest BCUT2D eigenvalue weighted by atomic mass is 9.89. The quantitative estimate of drug-likeness (QED) is 0.892. The van der Waals surface area contributed by atoms with Gasteiger partial charge in [-0.2, -0.15) is 0 Å². The number of piperidine rings is 1. The zero-order chi connectivity index (χ0) is 18.0. The molecule has 0 radical (unpaired) electrons. The summed E-state index contributed by atoms with van der Waals surface area (Å²) in [6, 6.07) is 11.9. The molecule has 3 rings (SSSR count). The smallest absolute Gasteiger partial charge is 0.320 e. The highest BCUT2D eigenvalue weighted by Crippen LogP contribution is 2.36. The van der Waals surface area contributed by atoms with Crippen LogP contribution in [-0.4, -0.2) is 28.6 Å². The number of likely N-dealkylation sites (tertiary alicyclic amines) is 1. The van der Waals surface area contributed by atoms with Gasteiger partial charge in [0.2, 0.25) is 0 Å². The molecule has 1 aliphatic rings. The average Bonchev–Trinajstić information content (AvgIpc) is 2.57. The minimum absolute atomic E-state index is 0.252. The van der Waals surface area contributed by atoms with Crippen LogP contribution in [0.25, 0.3) is 0 Å². The van der Waals surface area contributed by atoms with Gasteiger partial charge < -0.3 is 5.11 Å².